The second-order valence-corrected chi connectivity index (χ2v) is 7.69. The van der Waals surface area contributed by atoms with Crippen LogP contribution >= 0.6 is 0 Å². The third-order valence-electron chi connectivity index (χ3n) is 6.03. The number of aliphatic carboxylic acids is 1. The summed E-state index contributed by atoms with van der Waals surface area (Å²) in [6, 6.07) is 14.0. The molecule has 6 nitrogen and oxygen atoms in total. The lowest BCUT2D eigenvalue weighted by Crippen LogP contribution is -2.45. The second kappa shape index (κ2) is 7.80. The summed E-state index contributed by atoms with van der Waals surface area (Å²) in [5.74, 6) is -0.110. The minimum Gasteiger partial charge on any atom is -0.493 e. The standard InChI is InChI=1S/C22H25NO5/c24-20(23-13-17-14-27-12-10-22(17,15-23)21(25)26)9-4-11-28-19-8-3-6-16-5-1-2-7-18(16)19/h1-3,5-8,17H,4,9-15H2,(H,25,26)/t17-,22+/m0/s1. The highest BCUT2D eigenvalue weighted by Gasteiger charge is 2.54. The number of benzene rings is 2. The van der Waals surface area contributed by atoms with E-state index in [1.165, 1.54) is 0 Å². The maximum atomic E-state index is 12.6. The second-order valence-electron chi connectivity index (χ2n) is 7.69. The van der Waals surface area contributed by atoms with Crippen LogP contribution in [0.25, 0.3) is 10.8 Å². The molecule has 2 aliphatic heterocycles. The van der Waals surface area contributed by atoms with Gasteiger partial charge in [0, 0.05) is 37.4 Å². The van der Waals surface area contributed by atoms with E-state index < -0.39 is 11.4 Å². The molecule has 148 valence electrons. The number of carboxylic acids is 1. The highest BCUT2D eigenvalue weighted by molar-refractivity contribution is 5.88. The van der Waals surface area contributed by atoms with Gasteiger partial charge in [-0.3, -0.25) is 9.59 Å². The van der Waals surface area contributed by atoms with E-state index >= 15 is 0 Å². The zero-order valence-electron chi connectivity index (χ0n) is 15.8. The first-order chi connectivity index (χ1) is 13.6. The van der Waals surface area contributed by atoms with Crippen molar-refractivity contribution in [3.8, 4) is 5.75 Å². The van der Waals surface area contributed by atoms with Crippen LogP contribution in [0.3, 0.4) is 0 Å². The number of ether oxygens (including phenoxy) is 2. The van der Waals surface area contributed by atoms with Crippen molar-refractivity contribution in [3.63, 3.8) is 0 Å². The molecule has 0 spiro atoms. The van der Waals surface area contributed by atoms with E-state index in [1.54, 1.807) is 4.90 Å². The molecule has 0 bridgehead atoms. The lowest BCUT2D eigenvalue weighted by molar-refractivity contribution is -0.157. The monoisotopic (exact) mass is 383 g/mol. The van der Waals surface area contributed by atoms with Crippen LogP contribution < -0.4 is 4.74 Å². The Kier molecular flexibility index (Phi) is 5.22. The average Bonchev–Trinajstić information content (AvgIpc) is 3.12. The van der Waals surface area contributed by atoms with Crippen molar-refractivity contribution < 1.29 is 24.2 Å². The van der Waals surface area contributed by atoms with E-state index in [2.05, 4.69) is 0 Å². The Balaban J connectivity index is 1.31. The molecule has 2 atom stereocenters. The predicted molar refractivity (Wildman–Crippen MR) is 104 cm³/mol. The van der Waals surface area contributed by atoms with E-state index in [1.807, 2.05) is 42.5 Å². The molecule has 2 aromatic carbocycles. The normalized spacial score (nSPS) is 24.1. The molecule has 0 saturated carbocycles. The molecule has 28 heavy (non-hydrogen) atoms. The first kappa shape index (κ1) is 18.7. The first-order valence-electron chi connectivity index (χ1n) is 9.80. The number of carbonyl (C=O) groups is 2. The number of hydrogen-bond acceptors (Lipinski definition) is 4. The largest absolute Gasteiger partial charge is 0.493 e. The van der Waals surface area contributed by atoms with Gasteiger partial charge in [-0.15, -0.1) is 0 Å². The van der Waals surface area contributed by atoms with Gasteiger partial charge in [-0.05, 0) is 24.3 Å². The molecule has 0 aromatic heterocycles. The third kappa shape index (κ3) is 3.44. The van der Waals surface area contributed by atoms with Crippen molar-refractivity contribution in [2.75, 3.05) is 32.9 Å². The summed E-state index contributed by atoms with van der Waals surface area (Å²) >= 11 is 0. The maximum Gasteiger partial charge on any atom is 0.311 e. The van der Waals surface area contributed by atoms with Gasteiger partial charge in [-0.1, -0.05) is 36.4 Å². The Morgan fingerprint density at radius 1 is 1.21 bits per heavy atom. The van der Waals surface area contributed by atoms with Crippen LogP contribution in [0.5, 0.6) is 5.75 Å². The summed E-state index contributed by atoms with van der Waals surface area (Å²) in [5, 5.41) is 11.9. The molecule has 2 heterocycles. The summed E-state index contributed by atoms with van der Waals surface area (Å²) in [7, 11) is 0. The van der Waals surface area contributed by atoms with Crippen LogP contribution in [0, 0.1) is 11.3 Å². The van der Waals surface area contributed by atoms with Crippen molar-refractivity contribution in [3.05, 3.63) is 42.5 Å². The lowest BCUT2D eigenvalue weighted by Gasteiger charge is -2.33. The van der Waals surface area contributed by atoms with E-state index in [0.717, 1.165) is 16.5 Å². The topological polar surface area (TPSA) is 76.1 Å². The number of rotatable bonds is 6. The SMILES string of the molecule is O=C(CCCOc1cccc2ccccc12)N1C[C@H]2COCC[C@@]2(C(=O)O)C1. The minimum atomic E-state index is -0.840. The number of nitrogens with zero attached hydrogens (tertiary/aromatic N) is 1. The number of hydrogen-bond donors (Lipinski definition) is 1. The Labute approximate surface area is 164 Å². The van der Waals surface area contributed by atoms with E-state index in [0.29, 0.717) is 52.2 Å². The molecule has 2 saturated heterocycles. The van der Waals surface area contributed by atoms with Gasteiger partial charge in [0.2, 0.25) is 5.91 Å². The summed E-state index contributed by atoms with van der Waals surface area (Å²) in [5.41, 5.74) is -0.840. The van der Waals surface area contributed by atoms with Crippen molar-refractivity contribution in [1.82, 2.24) is 4.90 Å². The van der Waals surface area contributed by atoms with Crippen LogP contribution in [0.15, 0.2) is 42.5 Å². The Bertz CT molecular complexity index is 877. The summed E-state index contributed by atoms with van der Waals surface area (Å²) in [6.45, 7) is 2.07. The number of carbonyl (C=O) groups excluding carboxylic acids is 1. The molecule has 1 amide bonds. The summed E-state index contributed by atoms with van der Waals surface area (Å²) in [4.78, 5) is 26.2. The number of likely N-dealkylation sites (tertiary alicyclic amines) is 1. The van der Waals surface area contributed by atoms with Crippen LogP contribution in [0.2, 0.25) is 0 Å². The summed E-state index contributed by atoms with van der Waals surface area (Å²) < 4.78 is 11.3. The molecule has 0 radical (unpaired) electrons. The maximum absolute atomic E-state index is 12.6. The third-order valence-corrected chi connectivity index (χ3v) is 6.03. The fourth-order valence-electron chi connectivity index (χ4n) is 4.37. The van der Waals surface area contributed by atoms with E-state index in [9.17, 15) is 14.7 Å². The van der Waals surface area contributed by atoms with Crippen molar-refractivity contribution >= 4 is 22.6 Å². The molecule has 0 unspecified atom stereocenters. The van der Waals surface area contributed by atoms with Gasteiger partial charge in [0.1, 0.15) is 5.75 Å². The number of carboxylic acid groups (broad SMARTS) is 1. The molecule has 1 N–H and O–H groups in total. The quantitative estimate of drug-likeness (QED) is 0.776. The molecule has 2 fully saturated rings. The van der Waals surface area contributed by atoms with Crippen LogP contribution in [-0.4, -0.2) is 54.8 Å². The van der Waals surface area contributed by atoms with Gasteiger partial charge in [0.05, 0.1) is 18.6 Å². The average molecular weight is 383 g/mol. The van der Waals surface area contributed by atoms with Crippen LogP contribution in [0.4, 0.5) is 0 Å². The van der Waals surface area contributed by atoms with Crippen molar-refractivity contribution in [2.45, 2.75) is 19.3 Å². The molecular formula is C22H25NO5. The van der Waals surface area contributed by atoms with Gasteiger partial charge < -0.3 is 19.5 Å². The zero-order valence-corrected chi connectivity index (χ0v) is 15.8. The van der Waals surface area contributed by atoms with E-state index in [4.69, 9.17) is 9.47 Å². The van der Waals surface area contributed by atoms with Crippen LogP contribution in [-0.2, 0) is 14.3 Å². The van der Waals surface area contributed by atoms with Crippen molar-refractivity contribution in [2.24, 2.45) is 11.3 Å². The highest BCUT2D eigenvalue weighted by atomic mass is 16.5. The molecule has 2 aliphatic rings. The van der Waals surface area contributed by atoms with Crippen molar-refractivity contribution in [1.29, 1.82) is 0 Å². The Hall–Kier alpha value is -2.60. The smallest absolute Gasteiger partial charge is 0.311 e. The first-order valence-corrected chi connectivity index (χ1v) is 9.80. The van der Waals surface area contributed by atoms with Gasteiger partial charge >= 0.3 is 5.97 Å². The lowest BCUT2D eigenvalue weighted by atomic mass is 9.74. The molecular weight excluding hydrogens is 358 g/mol. The van der Waals surface area contributed by atoms with Gasteiger partial charge in [0.25, 0.3) is 0 Å². The molecule has 6 heteroatoms. The van der Waals surface area contributed by atoms with Gasteiger partial charge in [-0.25, -0.2) is 0 Å². The van der Waals surface area contributed by atoms with Gasteiger partial charge in [0.15, 0.2) is 0 Å². The molecule has 2 aromatic rings. The fraction of sp³-hybridized carbons (Fsp3) is 0.455. The molecule has 0 aliphatic carbocycles. The van der Waals surface area contributed by atoms with E-state index in [-0.39, 0.29) is 11.8 Å². The van der Waals surface area contributed by atoms with Crippen LogP contribution in [0.1, 0.15) is 19.3 Å². The fourth-order valence-corrected chi connectivity index (χ4v) is 4.37. The number of fused-ring (bicyclic) bond motifs is 2. The Morgan fingerprint density at radius 3 is 2.86 bits per heavy atom. The highest BCUT2D eigenvalue weighted by Crippen LogP contribution is 2.42. The minimum absolute atomic E-state index is 0.00320. The zero-order chi connectivity index (χ0) is 19.6. The number of amides is 1. The predicted octanol–water partition coefficient (Wildman–Crippen LogP) is 2.95. The van der Waals surface area contributed by atoms with Gasteiger partial charge in [-0.2, -0.15) is 0 Å². The molecule has 4 rings (SSSR count). The Morgan fingerprint density at radius 2 is 2.04 bits per heavy atom. The summed E-state index contributed by atoms with van der Waals surface area (Å²) in [6.07, 6.45) is 1.43.